The van der Waals surface area contributed by atoms with Gasteiger partial charge in [-0.3, -0.25) is 4.79 Å². The zero-order valence-electron chi connectivity index (χ0n) is 14.9. The minimum atomic E-state index is -0.360. The van der Waals surface area contributed by atoms with E-state index in [-0.39, 0.29) is 34.3 Å². The summed E-state index contributed by atoms with van der Waals surface area (Å²) in [6, 6.07) is 16.9. The van der Waals surface area contributed by atoms with Crippen molar-refractivity contribution in [2.24, 2.45) is 17.3 Å². The van der Waals surface area contributed by atoms with Crippen molar-refractivity contribution >= 4 is 40.8 Å². The van der Waals surface area contributed by atoms with E-state index in [4.69, 9.17) is 44.3 Å². The fourth-order valence-corrected chi connectivity index (χ4v) is 3.88. The van der Waals surface area contributed by atoms with E-state index in [1.165, 1.54) is 0 Å². The van der Waals surface area contributed by atoms with Crippen LogP contribution < -0.4 is 4.74 Å². The highest BCUT2D eigenvalue weighted by Gasteiger charge is 2.64. The molecule has 0 N–H and O–H groups in total. The molecular formula is C21H19Cl3O3. The summed E-state index contributed by atoms with van der Waals surface area (Å²) in [6.07, 6.45) is 0. The van der Waals surface area contributed by atoms with Gasteiger partial charge in [0.15, 0.2) is 0 Å². The Kier molecular flexibility index (Phi) is 6.05. The minimum Gasteiger partial charge on any atom is -0.461 e. The standard InChI is InChI=1S/C21H19Cl3O3/c1-21(2)16(18(22)19(23)24)17(21)20(25)26-12-13-7-6-10-15(11-13)27-14-8-4-3-5-9-14/h3-11,16-17H,12H2,1-2H3. The van der Waals surface area contributed by atoms with Crippen LogP contribution in [0.25, 0.3) is 0 Å². The zero-order chi connectivity index (χ0) is 19.6. The smallest absolute Gasteiger partial charge is 0.310 e. The van der Waals surface area contributed by atoms with Gasteiger partial charge in [-0.15, -0.1) is 0 Å². The normalized spacial score (nSPS) is 19.9. The first-order valence-electron chi connectivity index (χ1n) is 8.50. The number of para-hydroxylation sites is 1. The van der Waals surface area contributed by atoms with Crippen LogP contribution in [0, 0.1) is 17.3 Å². The Morgan fingerprint density at radius 1 is 0.963 bits per heavy atom. The number of rotatable bonds is 6. The van der Waals surface area contributed by atoms with Crippen LogP contribution >= 0.6 is 34.8 Å². The molecule has 0 bridgehead atoms. The molecule has 2 atom stereocenters. The average molecular weight is 426 g/mol. The number of carbonyl (C=O) groups excluding carboxylic acids is 1. The third-order valence-electron chi connectivity index (χ3n) is 4.79. The summed E-state index contributed by atoms with van der Waals surface area (Å²) >= 11 is 17.7. The van der Waals surface area contributed by atoms with Crippen LogP contribution in [0.1, 0.15) is 19.4 Å². The number of hydrogen-bond donors (Lipinski definition) is 0. The van der Waals surface area contributed by atoms with Crippen molar-refractivity contribution in [2.45, 2.75) is 20.5 Å². The molecule has 2 aromatic carbocycles. The largest absolute Gasteiger partial charge is 0.461 e. The SMILES string of the molecule is CC1(C)C(C(=O)OCc2cccc(Oc3ccccc3)c2)C1C(Cl)=C(Cl)Cl. The molecule has 0 spiro atoms. The van der Waals surface area contributed by atoms with Crippen molar-refractivity contribution in [1.82, 2.24) is 0 Å². The molecule has 2 aromatic rings. The maximum absolute atomic E-state index is 12.5. The second-order valence-electron chi connectivity index (χ2n) is 7.06. The van der Waals surface area contributed by atoms with Gasteiger partial charge in [0.25, 0.3) is 0 Å². The molecule has 0 amide bonds. The van der Waals surface area contributed by atoms with Gasteiger partial charge < -0.3 is 9.47 Å². The molecule has 142 valence electrons. The van der Waals surface area contributed by atoms with Crippen molar-refractivity contribution < 1.29 is 14.3 Å². The van der Waals surface area contributed by atoms with E-state index < -0.39 is 0 Å². The second-order valence-corrected chi connectivity index (χ2v) is 8.41. The first kappa shape index (κ1) is 20.1. The lowest BCUT2D eigenvalue weighted by Crippen LogP contribution is -2.10. The number of allylic oxidation sites excluding steroid dienone is 1. The molecule has 0 radical (unpaired) electrons. The fraction of sp³-hybridized carbons (Fsp3) is 0.286. The molecule has 3 rings (SSSR count). The zero-order valence-corrected chi connectivity index (χ0v) is 17.2. The van der Waals surface area contributed by atoms with E-state index >= 15 is 0 Å². The molecule has 1 saturated carbocycles. The highest BCUT2D eigenvalue weighted by Crippen LogP contribution is 2.64. The Balaban J connectivity index is 1.61. The van der Waals surface area contributed by atoms with Crippen LogP contribution in [0.5, 0.6) is 11.5 Å². The third kappa shape index (κ3) is 4.60. The fourth-order valence-electron chi connectivity index (χ4n) is 3.24. The van der Waals surface area contributed by atoms with Gasteiger partial charge in [-0.25, -0.2) is 0 Å². The summed E-state index contributed by atoms with van der Waals surface area (Å²) in [4.78, 5) is 12.5. The second kappa shape index (κ2) is 8.14. The first-order valence-corrected chi connectivity index (χ1v) is 9.63. The summed E-state index contributed by atoms with van der Waals surface area (Å²) in [5.41, 5.74) is 0.505. The number of esters is 1. The molecule has 27 heavy (non-hydrogen) atoms. The summed E-state index contributed by atoms with van der Waals surface area (Å²) in [7, 11) is 0. The van der Waals surface area contributed by atoms with Gasteiger partial charge in [-0.1, -0.05) is 79.0 Å². The monoisotopic (exact) mass is 424 g/mol. The molecule has 1 aliphatic rings. The maximum atomic E-state index is 12.5. The molecule has 0 heterocycles. The number of benzene rings is 2. The Morgan fingerprint density at radius 2 is 1.63 bits per heavy atom. The van der Waals surface area contributed by atoms with Gasteiger partial charge in [0, 0.05) is 5.92 Å². The minimum absolute atomic E-state index is 0.00389. The van der Waals surface area contributed by atoms with Crippen molar-refractivity contribution in [3.8, 4) is 11.5 Å². The maximum Gasteiger partial charge on any atom is 0.310 e. The van der Waals surface area contributed by atoms with Crippen molar-refractivity contribution in [2.75, 3.05) is 0 Å². The van der Waals surface area contributed by atoms with Gasteiger partial charge in [0.05, 0.1) is 11.0 Å². The van der Waals surface area contributed by atoms with E-state index in [9.17, 15) is 4.79 Å². The predicted molar refractivity (Wildman–Crippen MR) is 108 cm³/mol. The summed E-state index contributed by atoms with van der Waals surface area (Å²) in [5.74, 6) is 0.533. The number of carbonyl (C=O) groups is 1. The van der Waals surface area contributed by atoms with Gasteiger partial charge in [0.1, 0.15) is 22.6 Å². The van der Waals surface area contributed by atoms with Crippen LogP contribution in [-0.4, -0.2) is 5.97 Å². The van der Waals surface area contributed by atoms with Gasteiger partial charge >= 0.3 is 5.97 Å². The predicted octanol–water partition coefficient (Wildman–Crippen LogP) is 6.68. The van der Waals surface area contributed by atoms with Gasteiger partial charge in [-0.2, -0.15) is 0 Å². The van der Waals surface area contributed by atoms with Crippen LogP contribution in [0.2, 0.25) is 0 Å². The highest BCUT2D eigenvalue weighted by molar-refractivity contribution is 6.59. The summed E-state index contributed by atoms with van der Waals surface area (Å²) in [6.45, 7) is 4.04. The Morgan fingerprint density at radius 3 is 2.30 bits per heavy atom. The van der Waals surface area contributed by atoms with Crippen LogP contribution in [0.15, 0.2) is 64.1 Å². The van der Waals surface area contributed by atoms with Crippen molar-refractivity contribution in [3.63, 3.8) is 0 Å². The number of halogens is 3. The first-order chi connectivity index (χ1) is 12.8. The lowest BCUT2D eigenvalue weighted by atomic mass is 10.1. The molecular weight excluding hydrogens is 407 g/mol. The molecule has 0 saturated heterocycles. The molecule has 1 aliphatic carbocycles. The average Bonchev–Trinajstić information content (AvgIpc) is 3.22. The Hall–Kier alpha value is -1.68. The Bertz CT molecular complexity index is 858. The lowest BCUT2D eigenvalue weighted by Gasteiger charge is -2.09. The molecule has 0 aliphatic heterocycles. The molecule has 3 nitrogen and oxygen atoms in total. The molecule has 0 aromatic heterocycles. The third-order valence-corrected chi connectivity index (χ3v) is 5.82. The molecule has 6 heteroatoms. The number of ether oxygens (including phenoxy) is 2. The van der Waals surface area contributed by atoms with E-state index in [0.717, 1.165) is 11.3 Å². The van der Waals surface area contributed by atoms with Gasteiger partial charge in [-0.05, 0) is 35.2 Å². The van der Waals surface area contributed by atoms with Crippen LogP contribution in [0.3, 0.4) is 0 Å². The van der Waals surface area contributed by atoms with E-state index in [1.807, 2.05) is 68.4 Å². The number of hydrogen-bond acceptors (Lipinski definition) is 3. The molecule has 2 unspecified atom stereocenters. The molecule has 1 fully saturated rings. The lowest BCUT2D eigenvalue weighted by molar-refractivity contribution is -0.147. The summed E-state index contributed by atoms with van der Waals surface area (Å²) in [5, 5.41) is 0.309. The Labute approximate surface area is 173 Å². The highest BCUT2D eigenvalue weighted by atomic mass is 35.5. The van der Waals surface area contributed by atoms with Gasteiger partial charge in [0.2, 0.25) is 0 Å². The van der Waals surface area contributed by atoms with Crippen LogP contribution in [0.4, 0.5) is 0 Å². The topological polar surface area (TPSA) is 35.5 Å². The van der Waals surface area contributed by atoms with E-state index in [0.29, 0.717) is 10.8 Å². The van der Waals surface area contributed by atoms with Crippen molar-refractivity contribution in [1.29, 1.82) is 0 Å². The quantitative estimate of drug-likeness (QED) is 0.484. The van der Waals surface area contributed by atoms with E-state index in [2.05, 4.69) is 0 Å². The van der Waals surface area contributed by atoms with Crippen molar-refractivity contribution in [3.05, 3.63) is 69.7 Å². The van der Waals surface area contributed by atoms with Crippen LogP contribution in [-0.2, 0) is 16.1 Å². The van der Waals surface area contributed by atoms with E-state index in [1.54, 1.807) is 0 Å². The summed E-state index contributed by atoms with van der Waals surface area (Å²) < 4.78 is 11.3.